The summed E-state index contributed by atoms with van der Waals surface area (Å²) < 4.78 is 0. The molecule has 0 bridgehead atoms. The van der Waals surface area contributed by atoms with Gasteiger partial charge in [-0.15, -0.1) is 0 Å². The van der Waals surface area contributed by atoms with Gasteiger partial charge < -0.3 is 5.11 Å². The van der Waals surface area contributed by atoms with Gasteiger partial charge in [-0.2, -0.15) is 0 Å². The predicted octanol–water partition coefficient (Wildman–Crippen LogP) is 2.44. The highest BCUT2D eigenvalue weighted by atomic mass is 16.3. The van der Waals surface area contributed by atoms with Crippen molar-refractivity contribution in [3.05, 3.63) is 34.9 Å². The average molecular weight is 164 g/mol. The fourth-order valence-electron chi connectivity index (χ4n) is 1.45. The molecular formula is C11H16O. The molecule has 1 aromatic rings. The van der Waals surface area contributed by atoms with Crippen molar-refractivity contribution in [1.82, 2.24) is 0 Å². The van der Waals surface area contributed by atoms with E-state index in [9.17, 15) is 0 Å². The van der Waals surface area contributed by atoms with Crippen LogP contribution in [0.25, 0.3) is 0 Å². The quantitative estimate of drug-likeness (QED) is 0.727. The van der Waals surface area contributed by atoms with E-state index in [1.807, 2.05) is 12.1 Å². The Labute approximate surface area is 74.1 Å². The van der Waals surface area contributed by atoms with Gasteiger partial charge >= 0.3 is 0 Å². The molecule has 0 aliphatic carbocycles. The van der Waals surface area contributed by atoms with Crippen LogP contribution in [0.3, 0.4) is 0 Å². The van der Waals surface area contributed by atoms with Gasteiger partial charge in [0.2, 0.25) is 0 Å². The number of benzene rings is 1. The largest absolute Gasteiger partial charge is 0.392 e. The fraction of sp³-hybridized carbons (Fsp3) is 0.455. The molecule has 0 saturated carbocycles. The number of aliphatic hydroxyl groups is 1. The summed E-state index contributed by atoms with van der Waals surface area (Å²) in [5, 5.41) is 9.01. The zero-order valence-corrected chi connectivity index (χ0v) is 7.80. The molecule has 0 amide bonds. The Morgan fingerprint density at radius 1 is 1.25 bits per heavy atom. The normalized spacial score (nSPS) is 10.2. The molecule has 0 aromatic heterocycles. The maximum atomic E-state index is 9.01. The molecular weight excluding hydrogens is 148 g/mol. The van der Waals surface area contributed by atoms with Crippen molar-refractivity contribution in [3.63, 3.8) is 0 Å². The van der Waals surface area contributed by atoms with Gasteiger partial charge in [-0.1, -0.05) is 31.5 Å². The van der Waals surface area contributed by atoms with Gasteiger partial charge in [-0.05, 0) is 30.0 Å². The molecule has 1 rings (SSSR count). The molecule has 1 nitrogen and oxygen atoms in total. The van der Waals surface area contributed by atoms with Crippen molar-refractivity contribution in [1.29, 1.82) is 0 Å². The molecule has 66 valence electrons. The highest BCUT2D eigenvalue weighted by molar-refractivity contribution is 5.33. The third-order valence-electron chi connectivity index (χ3n) is 2.25. The van der Waals surface area contributed by atoms with E-state index < -0.39 is 0 Å². The van der Waals surface area contributed by atoms with Crippen molar-refractivity contribution in [2.75, 3.05) is 0 Å². The Kier molecular flexibility index (Phi) is 3.30. The molecule has 12 heavy (non-hydrogen) atoms. The van der Waals surface area contributed by atoms with E-state index in [0.717, 1.165) is 18.4 Å². The molecule has 0 heterocycles. The summed E-state index contributed by atoms with van der Waals surface area (Å²) in [5.74, 6) is 0. The second kappa shape index (κ2) is 4.27. The summed E-state index contributed by atoms with van der Waals surface area (Å²) in [4.78, 5) is 0. The number of hydrogen-bond acceptors (Lipinski definition) is 1. The third-order valence-corrected chi connectivity index (χ3v) is 2.25. The summed E-state index contributed by atoms with van der Waals surface area (Å²) in [6.07, 6.45) is 2.27. The lowest BCUT2D eigenvalue weighted by atomic mass is 10.00. The highest BCUT2D eigenvalue weighted by Crippen LogP contribution is 2.15. The van der Waals surface area contributed by atoms with E-state index in [0.29, 0.717) is 0 Å². The van der Waals surface area contributed by atoms with E-state index in [2.05, 4.69) is 19.9 Å². The summed E-state index contributed by atoms with van der Waals surface area (Å²) in [5.41, 5.74) is 3.67. The SMILES string of the molecule is CCCc1cccc(CO)c1C. The molecule has 0 radical (unpaired) electrons. The van der Waals surface area contributed by atoms with Crippen LogP contribution in [0.2, 0.25) is 0 Å². The van der Waals surface area contributed by atoms with E-state index in [-0.39, 0.29) is 6.61 Å². The second-order valence-electron chi connectivity index (χ2n) is 3.11. The summed E-state index contributed by atoms with van der Waals surface area (Å²) in [6, 6.07) is 6.13. The Bertz CT molecular complexity index is 253. The number of aliphatic hydroxyl groups excluding tert-OH is 1. The van der Waals surface area contributed by atoms with Gasteiger partial charge in [0.25, 0.3) is 0 Å². The van der Waals surface area contributed by atoms with Crippen LogP contribution < -0.4 is 0 Å². The molecule has 0 saturated heterocycles. The summed E-state index contributed by atoms with van der Waals surface area (Å²) >= 11 is 0. The minimum atomic E-state index is 0.156. The smallest absolute Gasteiger partial charge is 0.0684 e. The third kappa shape index (κ3) is 1.86. The fourth-order valence-corrected chi connectivity index (χ4v) is 1.45. The van der Waals surface area contributed by atoms with Crippen LogP contribution >= 0.6 is 0 Å². The van der Waals surface area contributed by atoms with Crippen molar-refractivity contribution in [2.45, 2.75) is 33.3 Å². The lowest BCUT2D eigenvalue weighted by Gasteiger charge is -2.07. The Morgan fingerprint density at radius 2 is 1.92 bits per heavy atom. The topological polar surface area (TPSA) is 20.2 Å². The standard InChI is InChI=1S/C11H16O/c1-3-5-10-6-4-7-11(8-12)9(10)2/h4,6-7,12H,3,5,8H2,1-2H3. The molecule has 1 N–H and O–H groups in total. The molecule has 0 aliphatic heterocycles. The summed E-state index contributed by atoms with van der Waals surface area (Å²) in [6.45, 7) is 4.41. The first-order valence-corrected chi connectivity index (χ1v) is 4.47. The second-order valence-corrected chi connectivity index (χ2v) is 3.11. The zero-order valence-electron chi connectivity index (χ0n) is 7.80. The first kappa shape index (κ1) is 9.27. The lowest BCUT2D eigenvalue weighted by molar-refractivity contribution is 0.281. The molecule has 0 unspecified atom stereocenters. The van der Waals surface area contributed by atoms with Crippen molar-refractivity contribution < 1.29 is 5.11 Å². The van der Waals surface area contributed by atoms with Crippen LogP contribution in [0, 0.1) is 6.92 Å². The summed E-state index contributed by atoms with van der Waals surface area (Å²) in [7, 11) is 0. The minimum absolute atomic E-state index is 0.156. The first-order chi connectivity index (χ1) is 5.79. The number of hydrogen-bond donors (Lipinski definition) is 1. The zero-order chi connectivity index (χ0) is 8.97. The van der Waals surface area contributed by atoms with Crippen LogP contribution in [0.1, 0.15) is 30.0 Å². The Hall–Kier alpha value is -0.820. The minimum Gasteiger partial charge on any atom is -0.392 e. The molecule has 0 atom stereocenters. The van der Waals surface area contributed by atoms with Crippen LogP contribution in [0.5, 0.6) is 0 Å². The predicted molar refractivity (Wildman–Crippen MR) is 51.1 cm³/mol. The highest BCUT2D eigenvalue weighted by Gasteiger charge is 2.00. The van der Waals surface area contributed by atoms with E-state index in [4.69, 9.17) is 5.11 Å². The first-order valence-electron chi connectivity index (χ1n) is 4.47. The average Bonchev–Trinajstić information content (AvgIpc) is 2.09. The van der Waals surface area contributed by atoms with E-state index >= 15 is 0 Å². The van der Waals surface area contributed by atoms with Crippen LogP contribution in [0.4, 0.5) is 0 Å². The van der Waals surface area contributed by atoms with Crippen LogP contribution in [-0.2, 0) is 13.0 Å². The maximum absolute atomic E-state index is 9.01. The van der Waals surface area contributed by atoms with Gasteiger partial charge in [0.15, 0.2) is 0 Å². The Morgan fingerprint density at radius 3 is 2.50 bits per heavy atom. The van der Waals surface area contributed by atoms with Crippen molar-refractivity contribution in [3.8, 4) is 0 Å². The molecule has 0 spiro atoms. The monoisotopic (exact) mass is 164 g/mol. The van der Waals surface area contributed by atoms with E-state index in [1.54, 1.807) is 0 Å². The van der Waals surface area contributed by atoms with Crippen molar-refractivity contribution in [2.24, 2.45) is 0 Å². The Balaban J connectivity index is 2.97. The van der Waals surface area contributed by atoms with E-state index in [1.165, 1.54) is 11.1 Å². The maximum Gasteiger partial charge on any atom is 0.0684 e. The molecule has 0 aliphatic rings. The molecule has 1 aromatic carbocycles. The molecule has 1 heteroatoms. The van der Waals surface area contributed by atoms with Gasteiger partial charge in [0.1, 0.15) is 0 Å². The van der Waals surface area contributed by atoms with Gasteiger partial charge in [-0.25, -0.2) is 0 Å². The van der Waals surface area contributed by atoms with Crippen LogP contribution in [0.15, 0.2) is 18.2 Å². The van der Waals surface area contributed by atoms with Gasteiger partial charge in [0, 0.05) is 0 Å². The van der Waals surface area contributed by atoms with Crippen LogP contribution in [-0.4, -0.2) is 5.11 Å². The van der Waals surface area contributed by atoms with Gasteiger partial charge in [0.05, 0.1) is 6.61 Å². The molecule has 0 fully saturated rings. The van der Waals surface area contributed by atoms with Crippen molar-refractivity contribution >= 4 is 0 Å². The number of aryl methyl sites for hydroxylation is 1. The van der Waals surface area contributed by atoms with Gasteiger partial charge in [-0.3, -0.25) is 0 Å². The lowest BCUT2D eigenvalue weighted by Crippen LogP contribution is -1.94. The number of rotatable bonds is 3.